The maximum atomic E-state index is 12.0. The Labute approximate surface area is 94.7 Å². The highest BCUT2D eigenvalue weighted by Crippen LogP contribution is 2.39. The van der Waals surface area contributed by atoms with E-state index < -0.39 is 15.6 Å². The van der Waals surface area contributed by atoms with Crippen LogP contribution in [-0.2, 0) is 10.0 Å². The Kier molecular flexibility index (Phi) is 2.77. The van der Waals surface area contributed by atoms with Crippen molar-refractivity contribution in [2.24, 2.45) is 11.7 Å². The van der Waals surface area contributed by atoms with E-state index in [0.29, 0.717) is 12.5 Å². The zero-order valence-electron chi connectivity index (χ0n) is 9.10. The first kappa shape index (κ1) is 11.6. The van der Waals surface area contributed by atoms with E-state index in [0.717, 1.165) is 12.8 Å². The summed E-state index contributed by atoms with van der Waals surface area (Å²) in [5.41, 5.74) is 5.10. The number of sulfonamides is 1. The molecule has 1 aliphatic rings. The number of aromatic nitrogens is 2. The first-order valence-corrected chi connectivity index (χ1v) is 6.70. The lowest BCUT2D eigenvalue weighted by molar-refractivity contribution is 0.373. The zero-order chi connectivity index (χ0) is 11.8. The summed E-state index contributed by atoms with van der Waals surface area (Å²) < 4.78 is 26.6. The van der Waals surface area contributed by atoms with Gasteiger partial charge in [0.2, 0.25) is 0 Å². The number of aromatic amines is 1. The minimum Gasteiger partial charge on any atom is -0.329 e. The van der Waals surface area contributed by atoms with E-state index >= 15 is 0 Å². The van der Waals surface area contributed by atoms with Crippen LogP contribution >= 0.6 is 0 Å². The van der Waals surface area contributed by atoms with Crippen molar-refractivity contribution in [3.8, 4) is 0 Å². The fourth-order valence-electron chi connectivity index (χ4n) is 1.77. The summed E-state index contributed by atoms with van der Waals surface area (Å²) in [7, 11) is -3.54. The average Bonchev–Trinajstić information content (AvgIpc) is 2.93. The highest BCUT2D eigenvalue weighted by atomic mass is 32.2. The average molecular weight is 244 g/mol. The topological polar surface area (TPSA) is 101 Å². The van der Waals surface area contributed by atoms with Crippen LogP contribution in [0.15, 0.2) is 17.3 Å². The number of rotatable bonds is 5. The van der Waals surface area contributed by atoms with Crippen LogP contribution in [0, 0.1) is 5.92 Å². The predicted molar refractivity (Wildman–Crippen MR) is 59.1 cm³/mol. The number of nitrogens with two attached hydrogens (primary N) is 1. The molecule has 7 heteroatoms. The fourth-order valence-corrected chi connectivity index (χ4v) is 3.15. The van der Waals surface area contributed by atoms with Crippen molar-refractivity contribution in [2.45, 2.75) is 30.3 Å². The lowest BCUT2D eigenvalue weighted by Gasteiger charge is -2.28. The third kappa shape index (κ3) is 2.11. The Morgan fingerprint density at radius 3 is 2.81 bits per heavy atom. The molecule has 4 N–H and O–H groups in total. The molecule has 2 rings (SSSR count). The van der Waals surface area contributed by atoms with Crippen LogP contribution in [-0.4, -0.2) is 30.7 Å². The molecule has 0 aromatic carbocycles. The van der Waals surface area contributed by atoms with Crippen molar-refractivity contribution in [1.29, 1.82) is 0 Å². The Morgan fingerprint density at radius 1 is 1.69 bits per heavy atom. The lowest BCUT2D eigenvalue weighted by Crippen LogP contribution is -2.53. The summed E-state index contributed by atoms with van der Waals surface area (Å²) in [5.74, 6) is 0.343. The maximum Gasteiger partial charge on any atom is 0.258 e. The Bertz CT molecular complexity index is 452. The lowest BCUT2D eigenvalue weighted by atomic mass is 9.98. The van der Waals surface area contributed by atoms with Crippen molar-refractivity contribution in [2.75, 3.05) is 6.54 Å². The molecular formula is C9H16N4O2S. The summed E-state index contributed by atoms with van der Waals surface area (Å²) in [6, 6.07) is 1.42. The van der Waals surface area contributed by atoms with Crippen molar-refractivity contribution < 1.29 is 8.42 Å². The molecule has 0 aliphatic heterocycles. The first-order valence-electron chi connectivity index (χ1n) is 5.21. The standard InChI is InChI=1S/C9H16N4O2S/c1-9(6-10,7-2-3-7)13-16(14,15)8-4-5-11-12-8/h4-5,7,13H,2-3,6,10H2,1H3,(H,11,12). The monoisotopic (exact) mass is 244 g/mol. The number of hydrogen-bond acceptors (Lipinski definition) is 4. The molecule has 16 heavy (non-hydrogen) atoms. The van der Waals surface area contributed by atoms with Crippen LogP contribution in [0.5, 0.6) is 0 Å². The molecule has 0 spiro atoms. The van der Waals surface area contributed by atoms with E-state index in [1.807, 2.05) is 6.92 Å². The summed E-state index contributed by atoms with van der Waals surface area (Å²) in [5, 5.41) is 6.15. The molecule has 0 amide bonds. The van der Waals surface area contributed by atoms with Gasteiger partial charge in [-0.25, -0.2) is 13.1 Å². The van der Waals surface area contributed by atoms with Crippen LogP contribution < -0.4 is 10.5 Å². The van der Waals surface area contributed by atoms with Gasteiger partial charge in [0.25, 0.3) is 10.0 Å². The summed E-state index contributed by atoms with van der Waals surface area (Å²) in [4.78, 5) is 0. The first-order chi connectivity index (χ1) is 7.48. The molecule has 1 aromatic heterocycles. The number of nitrogens with zero attached hydrogens (tertiary/aromatic N) is 1. The highest BCUT2D eigenvalue weighted by Gasteiger charge is 2.43. The highest BCUT2D eigenvalue weighted by molar-refractivity contribution is 7.89. The molecule has 1 unspecified atom stereocenters. The van der Waals surface area contributed by atoms with Gasteiger partial charge in [0.05, 0.1) is 6.20 Å². The van der Waals surface area contributed by atoms with E-state index in [1.165, 1.54) is 12.3 Å². The van der Waals surface area contributed by atoms with E-state index in [1.54, 1.807) is 0 Å². The summed E-state index contributed by atoms with van der Waals surface area (Å²) in [6.07, 6.45) is 3.46. The molecule has 0 radical (unpaired) electrons. The van der Waals surface area contributed by atoms with Crippen LogP contribution in [0.1, 0.15) is 19.8 Å². The molecule has 1 saturated carbocycles. The van der Waals surface area contributed by atoms with Crippen molar-refractivity contribution in [1.82, 2.24) is 14.9 Å². The molecule has 1 aliphatic carbocycles. The van der Waals surface area contributed by atoms with Gasteiger partial charge in [-0.05, 0) is 31.7 Å². The second-order valence-electron chi connectivity index (χ2n) is 4.42. The second kappa shape index (κ2) is 3.83. The van der Waals surface area contributed by atoms with Gasteiger partial charge in [0.15, 0.2) is 5.03 Å². The van der Waals surface area contributed by atoms with E-state index in [-0.39, 0.29) is 5.03 Å². The van der Waals surface area contributed by atoms with Crippen LogP contribution in [0.2, 0.25) is 0 Å². The molecule has 1 aromatic rings. The van der Waals surface area contributed by atoms with E-state index in [9.17, 15) is 8.42 Å². The zero-order valence-corrected chi connectivity index (χ0v) is 9.92. The quantitative estimate of drug-likeness (QED) is 0.668. The van der Waals surface area contributed by atoms with Crippen LogP contribution in [0.3, 0.4) is 0 Å². The fraction of sp³-hybridized carbons (Fsp3) is 0.667. The Hall–Kier alpha value is -0.920. The third-order valence-corrected chi connectivity index (χ3v) is 4.58. The van der Waals surface area contributed by atoms with Crippen LogP contribution in [0.4, 0.5) is 0 Å². The molecular weight excluding hydrogens is 228 g/mol. The third-order valence-electron chi connectivity index (χ3n) is 3.03. The molecule has 0 bridgehead atoms. The molecule has 0 saturated heterocycles. The smallest absolute Gasteiger partial charge is 0.258 e. The minimum atomic E-state index is -3.54. The molecule has 1 heterocycles. The summed E-state index contributed by atoms with van der Waals surface area (Å²) in [6.45, 7) is 2.14. The Morgan fingerprint density at radius 2 is 2.38 bits per heavy atom. The van der Waals surface area contributed by atoms with Gasteiger partial charge < -0.3 is 5.73 Å². The van der Waals surface area contributed by atoms with Gasteiger partial charge in [-0.3, -0.25) is 5.10 Å². The molecule has 1 atom stereocenters. The summed E-state index contributed by atoms with van der Waals surface area (Å²) >= 11 is 0. The van der Waals surface area contributed by atoms with E-state index in [4.69, 9.17) is 5.73 Å². The maximum absolute atomic E-state index is 12.0. The number of hydrogen-bond donors (Lipinski definition) is 3. The number of H-pyrrole nitrogens is 1. The largest absolute Gasteiger partial charge is 0.329 e. The molecule has 90 valence electrons. The second-order valence-corrected chi connectivity index (χ2v) is 6.07. The Balaban J connectivity index is 2.20. The van der Waals surface area contributed by atoms with Crippen LogP contribution in [0.25, 0.3) is 0 Å². The molecule has 1 fully saturated rings. The van der Waals surface area contributed by atoms with E-state index in [2.05, 4.69) is 14.9 Å². The van der Waals surface area contributed by atoms with Gasteiger partial charge in [-0.2, -0.15) is 5.10 Å². The SMILES string of the molecule is CC(CN)(NS(=O)(=O)c1ccn[nH]1)C1CC1. The predicted octanol–water partition coefficient (Wildman–Crippen LogP) is -0.185. The van der Waals surface area contributed by atoms with Gasteiger partial charge in [-0.1, -0.05) is 0 Å². The number of nitrogens with one attached hydrogen (secondary N) is 2. The van der Waals surface area contributed by atoms with Gasteiger partial charge >= 0.3 is 0 Å². The van der Waals surface area contributed by atoms with Crippen molar-refractivity contribution in [3.63, 3.8) is 0 Å². The van der Waals surface area contributed by atoms with Crippen molar-refractivity contribution in [3.05, 3.63) is 12.3 Å². The van der Waals surface area contributed by atoms with Crippen molar-refractivity contribution >= 4 is 10.0 Å². The molecule has 6 nitrogen and oxygen atoms in total. The normalized spacial score (nSPS) is 20.6. The van der Waals surface area contributed by atoms with Gasteiger partial charge in [0.1, 0.15) is 0 Å². The van der Waals surface area contributed by atoms with Gasteiger partial charge in [-0.15, -0.1) is 0 Å². The van der Waals surface area contributed by atoms with Gasteiger partial charge in [0, 0.05) is 12.1 Å². The minimum absolute atomic E-state index is 0.0767.